The Kier molecular flexibility index (Phi) is 4.17. The summed E-state index contributed by atoms with van der Waals surface area (Å²) in [6, 6.07) is 0. The Morgan fingerprint density at radius 1 is 1.63 bits per heavy atom. The van der Waals surface area contributed by atoms with Crippen molar-refractivity contribution >= 4 is 16.2 Å². The molecular formula is C10H16N4O4S. The Balaban J connectivity index is 1.96. The molecule has 9 heteroatoms. The molecular weight excluding hydrogens is 272 g/mol. The predicted molar refractivity (Wildman–Crippen MR) is 66.3 cm³/mol. The van der Waals surface area contributed by atoms with Gasteiger partial charge in [-0.3, -0.25) is 9.89 Å². The topological polar surface area (TPSA) is 115 Å². The zero-order valence-electron chi connectivity index (χ0n) is 10.2. The second kappa shape index (κ2) is 5.68. The third-order valence-corrected chi connectivity index (χ3v) is 4.61. The molecule has 1 fully saturated rings. The van der Waals surface area contributed by atoms with Crippen LogP contribution in [0.15, 0.2) is 12.4 Å². The highest BCUT2D eigenvalue weighted by Crippen LogP contribution is 2.18. The Bertz CT molecular complexity index is 528. The van der Waals surface area contributed by atoms with E-state index in [-0.39, 0.29) is 13.1 Å². The van der Waals surface area contributed by atoms with Gasteiger partial charge in [0.15, 0.2) is 0 Å². The van der Waals surface area contributed by atoms with Gasteiger partial charge in [0.2, 0.25) is 0 Å². The standard InChI is InChI=1S/C10H16N4O4S/c15-10(16)9-2-1-3-14(7-9)19(17,18)13-6-8-4-11-12-5-8/h4-5,9,13H,1-3,6-7H2,(H,11,12)(H,15,16). The van der Waals surface area contributed by atoms with Crippen molar-refractivity contribution in [3.8, 4) is 0 Å². The molecule has 0 radical (unpaired) electrons. The van der Waals surface area contributed by atoms with Crippen LogP contribution >= 0.6 is 0 Å². The summed E-state index contributed by atoms with van der Waals surface area (Å²) in [5, 5.41) is 15.3. The average Bonchev–Trinajstić information content (AvgIpc) is 2.90. The first kappa shape index (κ1) is 14.0. The molecule has 3 N–H and O–H groups in total. The van der Waals surface area contributed by atoms with Crippen LogP contribution in [0.4, 0.5) is 0 Å². The van der Waals surface area contributed by atoms with E-state index < -0.39 is 22.1 Å². The summed E-state index contributed by atoms with van der Waals surface area (Å²) in [6.07, 6.45) is 4.20. The van der Waals surface area contributed by atoms with Crippen LogP contribution in [-0.2, 0) is 21.5 Å². The summed E-state index contributed by atoms with van der Waals surface area (Å²) in [4.78, 5) is 10.9. The Hall–Kier alpha value is -1.45. The second-order valence-corrected chi connectivity index (χ2v) is 6.22. The fourth-order valence-electron chi connectivity index (χ4n) is 2.00. The maximum atomic E-state index is 12.0. The van der Waals surface area contributed by atoms with Gasteiger partial charge in [0.25, 0.3) is 10.2 Å². The molecule has 8 nitrogen and oxygen atoms in total. The molecule has 1 atom stereocenters. The number of rotatable bonds is 5. The number of carboxylic acids is 1. The lowest BCUT2D eigenvalue weighted by molar-refractivity contribution is -0.142. The van der Waals surface area contributed by atoms with E-state index in [1.165, 1.54) is 10.5 Å². The average molecular weight is 288 g/mol. The molecule has 1 aromatic rings. The molecule has 106 valence electrons. The van der Waals surface area contributed by atoms with Crippen molar-refractivity contribution in [3.63, 3.8) is 0 Å². The molecule has 0 saturated carbocycles. The third-order valence-electron chi connectivity index (χ3n) is 3.09. The number of piperidine rings is 1. The first-order chi connectivity index (χ1) is 8.99. The van der Waals surface area contributed by atoms with Gasteiger partial charge >= 0.3 is 5.97 Å². The van der Waals surface area contributed by atoms with Crippen LogP contribution in [0.2, 0.25) is 0 Å². The van der Waals surface area contributed by atoms with Crippen LogP contribution in [0.5, 0.6) is 0 Å². The molecule has 1 saturated heterocycles. The maximum Gasteiger partial charge on any atom is 0.307 e. The molecule has 0 aliphatic carbocycles. The third kappa shape index (κ3) is 3.52. The van der Waals surface area contributed by atoms with Crippen molar-refractivity contribution in [2.24, 2.45) is 5.92 Å². The number of H-pyrrole nitrogens is 1. The molecule has 0 aromatic carbocycles. The number of hydrogen-bond donors (Lipinski definition) is 3. The number of aromatic nitrogens is 2. The normalized spacial score (nSPS) is 21.4. The van der Waals surface area contributed by atoms with Crippen LogP contribution in [-0.4, -0.2) is 47.1 Å². The minimum absolute atomic E-state index is 0.0239. The molecule has 0 spiro atoms. The summed E-state index contributed by atoms with van der Waals surface area (Å²) >= 11 is 0. The van der Waals surface area contributed by atoms with E-state index in [0.29, 0.717) is 19.4 Å². The summed E-state index contributed by atoms with van der Waals surface area (Å²) in [5.41, 5.74) is 0.718. The fourth-order valence-corrected chi connectivity index (χ4v) is 3.28. The van der Waals surface area contributed by atoms with E-state index in [2.05, 4.69) is 14.9 Å². The number of nitrogens with zero attached hydrogens (tertiary/aromatic N) is 2. The van der Waals surface area contributed by atoms with Crippen LogP contribution in [0, 0.1) is 5.92 Å². The van der Waals surface area contributed by atoms with E-state index in [0.717, 1.165) is 5.56 Å². The summed E-state index contributed by atoms with van der Waals surface area (Å²) in [7, 11) is -3.65. The van der Waals surface area contributed by atoms with E-state index in [4.69, 9.17) is 5.11 Å². The van der Waals surface area contributed by atoms with Crippen molar-refractivity contribution in [1.82, 2.24) is 19.2 Å². The molecule has 0 amide bonds. The van der Waals surface area contributed by atoms with E-state index in [1.54, 1.807) is 6.20 Å². The molecule has 19 heavy (non-hydrogen) atoms. The van der Waals surface area contributed by atoms with Crippen LogP contribution in [0.25, 0.3) is 0 Å². The van der Waals surface area contributed by atoms with E-state index >= 15 is 0 Å². The SMILES string of the molecule is O=C(O)C1CCCN(S(=O)(=O)NCc2cn[nH]c2)C1. The van der Waals surface area contributed by atoms with E-state index in [9.17, 15) is 13.2 Å². The molecule has 2 heterocycles. The molecule has 1 aliphatic rings. The largest absolute Gasteiger partial charge is 0.481 e. The minimum atomic E-state index is -3.65. The van der Waals surface area contributed by atoms with Crippen LogP contribution in [0.1, 0.15) is 18.4 Å². The van der Waals surface area contributed by atoms with Gasteiger partial charge in [0, 0.05) is 31.4 Å². The molecule has 1 unspecified atom stereocenters. The summed E-state index contributed by atoms with van der Waals surface area (Å²) < 4.78 is 27.7. The predicted octanol–water partition coefficient (Wildman–Crippen LogP) is -0.459. The van der Waals surface area contributed by atoms with Gasteiger partial charge in [-0.1, -0.05) is 0 Å². The van der Waals surface area contributed by atoms with Gasteiger partial charge in [-0.2, -0.15) is 22.5 Å². The number of aromatic amines is 1. The Morgan fingerprint density at radius 3 is 3.05 bits per heavy atom. The molecule has 1 aliphatic heterocycles. The highest BCUT2D eigenvalue weighted by atomic mass is 32.2. The molecule has 2 rings (SSSR count). The fraction of sp³-hybridized carbons (Fsp3) is 0.600. The van der Waals surface area contributed by atoms with Crippen molar-refractivity contribution in [3.05, 3.63) is 18.0 Å². The van der Waals surface area contributed by atoms with Crippen molar-refractivity contribution in [1.29, 1.82) is 0 Å². The number of carbonyl (C=O) groups is 1. The first-order valence-electron chi connectivity index (χ1n) is 5.94. The number of aliphatic carboxylic acids is 1. The number of hydrogen-bond acceptors (Lipinski definition) is 4. The zero-order valence-corrected chi connectivity index (χ0v) is 11.1. The Morgan fingerprint density at radius 2 is 2.42 bits per heavy atom. The number of carboxylic acid groups (broad SMARTS) is 1. The van der Waals surface area contributed by atoms with Crippen molar-refractivity contribution in [2.75, 3.05) is 13.1 Å². The van der Waals surface area contributed by atoms with Crippen LogP contribution < -0.4 is 4.72 Å². The Labute approximate surface area is 111 Å². The van der Waals surface area contributed by atoms with Gasteiger partial charge in [0.1, 0.15) is 0 Å². The van der Waals surface area contributed by atoms with Gasteiger partial charge < -0.3 is 5.11 Å². The second-order valence-electron chi connectivity index (χ2n) is 4.47. The monoisotopic (exact) mass is 288 g/mol. The quantitative estimate of drug-likeness (QED) is 0.678. The lowest BCUT2D eigenvalue weighted by Crippen LogP contribution is -2.47. The van der Waals surface area contributed by atoms with Crippen molar-refractivity contribution in [2.45, 2.75) is 19.4 Å². The van der Waals surface area contributed by atoms with Gasteiger partial charge in [-0.15, -0.1) is 0 Å². The summed E-state index contributed by atoms with van der Waals surface area (Å²) in [6.45, 7) is 0.508. The summed E-state index contributed by atoms with van der Waals surface area (Å²) in [5.74, 6) is -1.58. The molecule has 0 bridgehead atoms. The smallest absolute Gasteiger partial charge is 0.307 e. The lowest BCUT2D eigenvalue weighted by atomic mass is 10.0. The van der Waals surface area contributed by atoms with E-state index in [1.807, 2.05) is 0 Å². The molecule has 1 aromatic heterocycles. The minimum Gasteiger partial charge on any atom is -0.481 e. The highest BCUT2D eigenvalue weighted by Gasteiger charge is 2.31. The van der Waals surface area contributed by atoms with Crippen LogP contribution in [0.3, 0.4) is 0 Å². The van der Waals surface area contributed by atoms with Gasteiger partial charge in [-0.05, 0) is 12.8 Å². The zero-order chi connectivity index (χ0) is 13.9. The number of nitrogens with one attached hydrogen (secondary N) is 2. The maximum absolute atomic E-state index is 12.0. The highest BCUT2D eigenvalue weighted by molar-refractivity contribution is 7.87. The first-order valence-corrected chi connectivity index (χ1v) is 7.38. The van der Waals surface area contributed by atoms with Gasteiger partial charge in [-0.25, -0.2) is 0 Å². The lowest BCUT2D eigenvalue weighted by Gasteiger charge is -2.29. The van der Waals surface area contributed by atoms with Gasteiger partial charge in [0.05, 0.1) is 12.1 Å². The van der Waals surface area contributed by atoms with Crippen molar-refractivity contribution < 1.29 is 18.3 Å².